The highest BCUT2D eigenvalue weighted by Gasteiger charge is 2.10. The Morgan fingerprint density at radius 1 is 1.33 bits per heavy atom. The summed E-state index contributed by atoms with van der Waals surface area (Å²) in [6.07, 6.45) is 1.46. The summed E-state index contributed by atoms with van der Waals surface area (Å²) >= 11 is 5.97. The summed E-state index contributed by atoms with van der Waals surface area (Å²) in [5.74, 6) is 0.427. The van der Waals surface area contributed by atoms with Crippen LogP contribution in [0.3, 0.4) is 0 Å². The maximum Gasteiger partial charge on any atom is 0.224 e. The number of halogens is 2. The smallest absolute Gasteiger partial charge is 0.224 e. The van der Waals surface area contributed by atoms with E-state index in [-0.39, 0.29) is 5.82 Å². The number of hydrogen-bond acceptors (Lipinski definition) is 4. The molecule has 0 aliphatic rings. The van der Waals surface area contributed by atoms with E-state index in [2.05, 4.69) is 20.6 Å². The summed E-state index contributed by atoms with van der Waals surface area (Å²) in [7, 11) is 1.70. The highest BCUT2D eigenvalue weighted by atomic mass is 35.5. The monoisotopic (exact) mass is 266 g/mol. The molecule has 1 aromatic heterocycles. The molecule has 0 saturated carbocycles. The van der Waals surface area contributed by atoms with Crippen molar-refractivity contribution < 1.29 is 4.39 Å². The number of anilines is 3. The van der Waals surface area contributed by atoms with Gasteiger partial charge in [-0.3, -0.25) is 0 Å². The van der Waals surface area contributed by atoms with Gasteiger partial charge in [0.25, 0.3) is 0 Å². The lowest BCUT2D eigenvalue weighted by Crippen LogP contribution is -2.03. The first kappa shape index (κ1) is 12.6. The van der Waals surface area contributed by atoms with Gasteiger partial charge in [-0.1, -0.05) is 23.7 Å². The van der Waals surface area contributed by atoms with Crippen LogP contribution in [0.4, 0.5) is 21.8 Å². The van der Waals surface area contributed by atoms with Crippen molar-refractivity contribution in [1.29, 1.82) is 0 Å². The predicted octanol–water partition coefficient (Wildman–Crippen LogP) is 3.36. The second kappa shape index (κ2) is 5.18. The molecule has 0 radical (unpaired) electrons. The number of aryl methyl sites for hydroxylation is 1. The van der Waals surface area contributed by atoms with Crippen molar-refractivity contribution in [1.82, 2.24) is 9.97 Å². The lowest BCUT2D eigenvalue weighted by atomic mass is 10.2. The van der Waals surface area contributed by atoms with E-state index in [9.17, 15) is 4.39 Å². The lowest BCUT2D eigenvalue weighted by Gasteiger charge is -2.11. The van der Waals surface area contributed by atoms with Gasteiger partial charge in [0.1, 0.15) is 10.8 Å². The second-order valence-electron chi connectivity index (χ2n) is 3.70. The van der Waals surface area contributed by atoms with Crippen LogP contribution in [0.15, 0.2) is 24.4 Å². The molecule has 0 atom stereocenters. The zero-order valence-electron chi connectivity index (χ0n) is 9.96. The van der Waals surface area contributed by atoms with Crippen LogP contribution in [0.2, 0.25) is 5.02 Å². The SMILES string of the molecule is CNc1ncc(Cl)c(Nc2c(C)cccc2F)n1. The van der Waals surface area contributed by atoms with Crippen molar-refractivity contribution in [2.45, 2.75) is 6.92 Å². The van der Waals surface area contributed by atoms with E-state index < -0.39 is 0 Å². The molecule has 0 bridgehead atoms. The van der Waals surface area contributed by atoms with Crippen LogP contribution in [0.1, 0.15) is 5.56 Å². The van der Waals surface area contributed by atoms with Crippen molar-refractivity contribution in [2.75, 3.05) is 17.7 Å². The molecule has 2 rings (SSSR count). The highest BCUT2D eigenvalue weighted by molar-refractivity contribution is 6.32. The van der Waals surface area contributed by atoms with Crippen molar-refractivity contribution in [3.63, 3.8) is 0 Å². The van der Waals surface area contributed by atoms with Gasteiger partial charge in [-0.15, -0.1) is 0 Å². The maximum absolute atomic E-state index is 13.7. The van der Waals surface area contributed by atoms with Gasteiger partial charge in [-0.2, -0.15) is 4.98 Å². The molecule has 94 valence electrons. The molecule has 2 aromatic rings. The second-order valence-corrected chi connectivity index (χ2v) is 4.10. The molecule has 0 saturated heterocycles. The van der Waals surface area contributed by atoms with E-state index in [1.165, 1.54) is 12.3 Å². The quantitative estimate of drug-likeness (QED) is 0.894. The van der Waals surface area contributed by atoms with Gasteiger partial charge >= 0.3 is 0 Å². The largest absolute Gasteiger partial charge is 0.357 e. The molecular formula is C12H12ClFN4. The van der Waals surface area contributed by atoms with E-state index in [0.717, 1.165) is 5.56 Å². The van der Waals surface area contributed by atoms with E-state index in [1.54, 1.807) is 26.1 Å². The molecule has 0 aliphatic carbocycles. The van der Waals surface area contributed by atoms with Crippen molar-refractivity contribution in [2.24, 2.45) is 0 Å². The summed E-state index contributed by atoms with van der Waals surface area (Å²) in [6.45, 7) is 1.81. The topological polar surface area (TPSA) is 49.8 Å². The summed E-state index contributed by atoms with van der Waals surface area (Å²) in [5.41, 5.74) is 1.14. The Balaban J connectivity index is 2.39. The van der Waals surface area contributed by atoms with Gasteiger partial charge in [0, 0.05) is 7.05 Å². The van der Waals surface area contributed by atoms with Gasteiger partial charge in [0.05, 0.1) is 11.9 Å². The Hall–Kier alpha value is -1.88. The molecule has 0 unspecified atom stereocenters. The Labute approximate surface area is 109 Å². The third-order valence-corrected chi connectivity index (χ3v) is 2.71. The molecule has 0 amide bonds. The third kappa shape index (κ3) is 2.51. The Morgan fingerprint density at radius 3 is 2.78 bits per heavy atom. The van der Waals surface area contributed by atoms with Gasteiger partial charge in [-0.25, -0.2) is 9.37 Å². The number of para-hydroxylation sites is 1. The predicted molar refractivity (Wildman–Crippen MR) is 71.0 cm³/mol. The van der Waals surface area contributed by atoms with Gasteiger partial charge in [0.2, 0.25) is 5.95 Å². The standard InChI is InChI=1S/C12H12ClFN4/c1-7-4-3-5-9(14)10(7)17-11-8(13)6-16-12(15-2)18-11/h3-6H,1-2H3,(H2,15,16,17,18). The van der Waals surface area contributed by atoms with E-state index in [0.29, 0.717) is 22.5 Å². The number of aromatic nitrogens is 2. The molecule has 18 heavy (non-hydrogen) atoms. The first-order valence-corrected chi connectivity index (χ1v) is 5.72. The fourth-order valence-corrected chi connectivity index (χ4v) is 1.62. The Kier molecular flexibility index (Phi) is 3.62. The summed E-state index contributed by atoms with van der Waals surface area (Å²) < 4.78 is 13.7. The van der Waals surface area contributed by atoms with Crippen LogP contribution in [0, 0.1) is 12.7 Å². The summed E-state index contributed by atoms with van der Waals surface area (Å²) in [5, 5.41) is 6.01. The summed E-state index contributed by atoms with van der Waals surface area (Å²) in [6, 6.07) is 4.83. The average molecular weight is 267 g/mol. The van der Waals surface area contributed by atoms with Gasteiger partial charge in [-0.05, 0) is 18.6 Å². The molecule has 2 N–H and O–H groups in total. The van der Waals surface area contributed by atoms with Crippen LogP contribution in [0.25, 0.3) is 0 Å². The molecule has 1 aromatic carbocycles. The molecule has 4 nitrogen and oxygen atoms in total. The number of nitrogens with one attached hydrogen (secondary N) is 2. The summed E-state index contributed by atoms with van der Waals surface area (Å²) in [4.78, 5) is 8.09. The minimum Gasteiger partial charge on any atom is -0.357 e. The normalized spacial score (nSPS) is 10.2. The first-order chi connectivity index (χ1) is 8.61. The molecule has 0 aliphatic heterocycles. The van der Waals surface area contributed by atoms with Crippen LogP contribution in [-0.4, -0.2) is 17.0 Å². The number of benzene rings is 1. The minimum absolute atomic E-state index is 0.330. The molecule has 0 spiro atoms. The fraction of sp³-hybridized carbons (Fsp3) is 0.167. The van der Waals surface area contributed by atoms with E-state index >= 15 is 0 Å². The minimum atomic E-state index is -0.351. The van der Waals surface area contributed by atoms with Crippen LogP contribution < -0.4 is 10.6 Å². The molecular weight excluding hydrogens is 255 g/mol. The molecule has 6 heteroatoms. The van der Waals surface area contributed by atoms with Crippen LogP contribution in [-0.2, 0) is 0 Å². The van der Waals surface area contributed by atoms with E-state index in [1.807, 2.05) is 0 Å². The van der Waals surface area contributed by atoms with Crippen molar-refractivity contribution in [3.8, 4) is 0 Å². The van der Waals surface area contributed by atoms with E-state index in [4.69, 9.17) is 11.6 Å². The maximum atomic E-state index is 13.7. The zero-order valence-corrected chi connectivity index (χ0v) is 10.7. The third-order valence-electron chi connectivity index (χ3n) is 2.43. The fourth-order valence-electron chi connectivity index (χ4n) is 1.48. The van der Waals surface area contributed by atoms with Gasteiger partial charge < -0.3 is 10.6 Å². The molecule has 0 fully saturated rings. The van der Waals surface area contributed by atoms with Crippen molar-refractivity contribution in [3.05, 3.63) is 40.8 Å². The highest BCUT2D eigenvalue weighted by Crippen LogP contribution is 2.27. The Bertz CT molecular complexity index is 554. The van der Waals surface area contributed by atoms with Gasteiger partial charge in [0.15, 0.2) is 5.82 Å². The molecule has 1 heterocycles. The van der Waals surface area contributed by atoms with Crippen LogP contribution in [0.5, 0.6) is 0 Å². The number of nitrogens with zero attached hydrogens (tertiary/aromatic N) is 2. The van der Waals surface area contributed by atoms with Crippen molar-refractivity contribution >= 4 is 29.1 Å². The first-order valence-electron chi connectivity index (χ1n) is 5.34. The lowest BCUT2D eigenvalue weighted by molar-refractivity contribution is 0.631. The number of hydrogen-bond donors (Lipinski definition) is 2. The van der Waals surface area contributed by atoms with Crippen LogP contribution >= 0.6 is 11.6 Å². The zero-order chi connectivity index (χ0) is 13.1. The number of rotatable bonds is 3. The Morgan fingerprint density at radius 2 is 2.11 bits per heavy atom. The average Bonchev–Trinajstić information content (AvgIpc) is 2.36.